The summed E-state index contributed by atoms with van der Waals surface area (Å²) in [7, 11) is 0. The minimum Gasteiger partial charge on any atom is -0.382 e. The van der Waals surface area contributed by atoms with Gasteiger partial charge in [0.1, 0.15) is 12.7 Å². The van der Waals surface area contributed by atoms with E-state index < -0.39 is 12.8 Å². The van der Waals surface area contributed by atoms with Crippen LogP contribution in [-0.4, -0.2) is 25.9 Å². The van der Waals surface area contributed by atoms with E-state index in [0.717, 1.165) is 0 Å². The van der Waals surface area contributed by atoms with Crippen molar-refractivity contribution in [1.82, 2.24) is 0 Å². The van der Waals surface area contributed by atoms with Crippen LogP contribution in [0.4, 0.5) is 18.9 Å². The lowest BCUT2D eigenvalue weighted by atomic mass is 10.2. The lowest BCUT2D eigenvalue weighted by Crippen LogP contribution is -2.20. The molecule has 0 atom stereocenters. The normalized spacial score (nSPS) is 11.1. The predicted octanol–water partition coefficient (Wildman–Crippen LogP) is 3.31. The largest absolute Gasteiger partial charge is 0.411 e. The smallest absolute Gasteiger partial charge is 0.382 e. The summed E-state index contributed by atoms with van der Waals surface area (Å²) in [6.45, 7) is -1.16. The summed E-state index contributed by atoms with van der Waals surface area (Å²) in [5.74, 6) is 0. The van der Waals surface area contributed by atoms with E-state index in [1.807, 2.05) is 6.07 Å². The van der Waals surface area contributed by atoms with E-state index in [2.05, 4.69) is 26.0 Å². The Balaban J connectivity index is 2.41. The highest BCUT2D eigenvalue weighted by Crippen LogP contribution is 2.23. The summed E-state index contributed by atoms with van der Waals surface area (Å²) >= 11 is 3.21. The molecule has 0 saturated heterocycles. The van der Waals surface area contributed by atoms with Gasteiger partial charge in [-0.1, -0.05) is 6.07 Å². The summed E-state index contributed by atoms with van der Waals surface area (Å²) in [5.41, 5.74) is 0.968. The average Bonchev–Trinajstić information content (AvgIpc) is 2.27. The molecule has 1 aromatic rings. The first-order chi connectivity index (χ1) is 8.44. The molecule has 0 aliphatic carbocycles. The zero-order chi connectivity index (χ0) is 13.6. The number of hydrogen-bond donors (Lipinski definition) is 1. The second-order valence-electron chi connectivity index (χ2n) is 3.37. The van der Waals surface area contributed by atoms with Crippen molar-refractivity contribution < 1.29 is 17.9 Å². The molecule has 0 spiro atoms. The Labute approximate surface area is 111 Å². The molecule has 1 rings (SSSR count). The number of ether oxygens (including phenoxy) is 1. The van der Waals surface area contributed by atoms with E-state index in [4.69, 9.17) is 5.26 Å². The Morgan fingerprint density at radius 3 is 2.72 bits per heavy atom. The molecule has 1 aromatic carbocycles. The molecule has 1 N–H and O–H groups in total. The topological polar surface area (TPSA) is 45.0 Å². The minimum absolute atomic E-state index is 0.0864. The second-order valence-corrected chi connectivity index (χ2v) is 4.22. The van der Waals surface area contributed by atoms with Crippen molar-refractivity contribution in [2.45, 2.75) is 6.18 Å². The monoisotopic (exact) mass is 322 g/mol. The molecule has 0 amide bonds. The van der Waals surface area contributed by atoms with Crippen LogP contribution in [0.25, 0.3) is 0 Å². The van der Waals surface area contributed by atoms with Gasteiger partial charge in [-0.25, -0.2) is 0 Å². The van der Waals surface area contributed by atoms with Crippen LogP contribution < -0.4 is 5.32 Å². The molecule has 18 heavy (non-hydrogen) atoms. The molecule has 0 saturated carbocycles. The van der Waals surface area contributed by atoms with Crippen LogP contribution in [0.5, 0.6) is 0 Å². The van der Waals surface area contributed by atoms with Crippen LogP contribution in [-0.2, 0) is 4.74 Å². The number of rotatable bonds is 5. The highest BCUT2D eigenvalue weighted by atomic mass is 79.9. The van der Waals surface area contributed by atoms with E-state index in [9.17, 15) is 13.2 Å². The molecule has 3 nitrogen and oxygen atoms in total. The van der Waals surface area contributed by atoms with Crippen molar-refractivity contribution >= 4 is 21.6 Å². The van der Waals surface area contributed by atoms with Gasteiger partial charge in [-0.05, 0) is 28.1 Å². The third-order valence-electron chi connectivity index (χ3n) is 1.95. The van der Waals surface area contributed by atoms with Gasteiger partial charge in [0.05, 0.1) is 17.9 Å². The number of anilines is 1. The lowest BCUT2D eigenvalue weighted by molar-refractivity contribution is -0.172. The first kappa shape index (κ1) is 14.8. The first-order valence-electron chi connectivity index (χ1n) is 5.01. The molecule has 0 fully saturated rings. The molecule has 0 aromatic heterocycles. The molecule has 0 unspecified atom stereocenters. The zero-order valence-electron chi connectivity index (χ0n) is 9.22. The van der Waals surface area contributed by atoms with Crippen LogP contribution >= 0.6 is 15.9 Å². The lowest BCUT2D eigenvalue weighted by Gasteiger charge is -2.10. The van der Waals surface area contributed by atoms with E-state index in [-0.39, 0.29) is 13.2 Å². The number of halogens is 4. The Bertz CT molecular complexity index is 443. The Morgan fingerprint density at radius 2 is 2.11 bits per heavy atom. The predicted molar refractivity (Wildman–Crippen MR) is 64.2 cm³/mol. The fourth-order valence-electron chi connectivity index (χ4n) is 1.23. The molecule has 98 valence electrons. The first-order valence-corrected chi connectivity index (χ1v) is 5.80. The van der Waals surface area contributed by atoms with Gasteiger partial charge in [-0.15, -0.1) is 0 Å². The maximum atomic E-state index is 11.8. The standard InChI is InChI=1S/C11H10BrF3N2O/c12-9-2-1-3-10(8(9)6-16)17-4-5-18-7-11(13,14)15/h1-3,17H,4-5,7H2. The molecular formula is C11H10BrF3N2O. The Kier molecular flexibility index (Phi) is 5.44. The second kappa shape index (κ2) is 6.61. The Morgan fingerprint density at radius 1 is 1.39 bits per heavy atom. The van der Waals surface area contributed by atoms with Crippen LogP contribution in [0, 0.1) is 11.3 Å². The zero-order valence-corrected chi connectivity index (χ0v) is 10.8. The highest BCUT2D eigenvalue weighted by molar-refractivity contribution is 9.10. The van der Waals surface area contributed by atoms with Gasteiger partial charge in [-0.3, -0.25) is 0 Å². The van der Waals surface area contributed by atoms with Crippen LogP contribution in [0.15, 0.2) is 22.7 Å². The van der Waals surface area contributed by atoms with Gasteiger partial charge in [-0.2, -0.15) is 18.4 Å². The molecular weight excluding hydrogens is 313 g/mol. The summed E-state index contributed by atoms with van der Waals surface area (Å²) < 4.78 is 40.4. The fraction of sp³-hybridized carbons (Fsp3) is 0.364. The summed E-state index contributed by atoms with van der Waals surface area (Å²) in [6, 6.07) is 7.11. The molecule has 0 heterocycles. The van der Waals surface area contributed by atoms with Crippen molar-refractivity contribution in [3.05, 3.63) is 28.2 Å². The van der Waals surface area contributed by atoms with Crippen molar-refractivity contribution in [2.24, 2.45) is 0 Å². The Hall–Kier alpha value is -1.26. The van der Waals surface area contributed by atoms with Crippen molar-refractivity contribution in [1.29, 1.82) is 5.26 Å². The summed E-state index contributed by atoms with van der Waals surface area (Å²) in [5, 5.41) is 11.8. The number of hydrogen-bond acceptors (Lipinski definition) is 3. The van der Waals surface area contributed by atoms with E-state index >= 15 is 0 Å². The molecule has 0 radical (unpaired) electrons. The average molecular weight is 323 g/mol. The third-order valence-corrected chi connectivity index (χ3v) is 2.61. The fourth-order valence-corrected chi connectivity index (χ4v) is 1.69. The van der Waals surface area contributed by atoms with Crippen LogP contribution in [0.1, 0.15) is 5.56 Å². The summed E-state index contributed by atoms with van der Waals surface area (Å²) in [6.07, 6.45) is -4.31. The number of nitrogens with zero attached hydrogens (tertiary/aromatic N) is 1. The van der Waals surface area contributed by atoms with Crippen LogP contribution in [0.2, 0.25) is 0 Å². The minimum atomic E-state index is -4.31. The molecule has 0 aliphatic heterocycles. The highest BCUT2D eigenvalue weighted by Gasteiger charge is 2.27. The van der Waals surface area contributed by atoms with E-state index in [1.54, 1.807) is 18.2 Å². The van der Waals surface area contributed by atoms with Gasteiger partial charge < -0.3 is 10.1 Å². The van der Waals surface area contributed by atoms with Crippen LogP contribution in [0.3, 0.4) is 0 Å². The van der Waals surface area contributed by atoms with Crippen molar-refractivity contribution in [3.8, 4) is 6.07 Å². The molecule has 7 heteroatoms. The summed E-state index contributed by atoms with van der Waals surface area (Å²) in [4.78, 5) is 0. The number of nitrogens with one attached hydrogen (secondary N) is 1. The maximum Gasteiger partial charge on any atom is 0.411 e. The van der Waals surface area contributed by atoms with Crippen molar-refractivity contribution in [3.63, 3.8) is 0 Å². The van der Waals surface area contributed by atoms with Crippen molar-refractivity contribution in [2.75, 3.05) is 25.1 Å². The van der Waals surface area contributed by atoms with Gasteiger partial charge in [0, 0.05) is 11.0 Å². The van der Waals surface area contributed by atoms with Gasteiger partial charge in [0.25, 0.3) is 0 Å². The van der Waals surface area contributed by atoms with Gasteiger partial charge in [0.15, 0.2) is 0 Å². The molecule has 0 bridgehead atoms. The van der Waals surface area contributed by atoms with Gasteiger partial charge >= 0.3 is 6.18 Å². The quantitative estimate of drug-likeness (QED) is 0.846. The number of alkyl halides is 3. The maximum absolute atomic E-state index is 11.8. The number of nitriles is 1. The molecule has 0 aliphatic rings. The number of benzene rings is 1. The van der Waals surface area contributed by atoms with E-state index in [1.165, 1.54) is 0 Å². The van der Waals surface area contributed by atoms with Gasteiger partial charge in [0.2, 0.25) is 0 Å². The SMILES string of the molecule is N#Cc1c(Br)cccc1NCCOCC(F)(F)F. The van der Waals surface area contributed by atoms with E-state index in [0.29, 0.717) is 15.7 Å². The third kappa shape index (κ3) is 4.94.